The van der Waals surface area contributed by atoms with Crippen molar-refractivity contribution in [2.75, 3.05) is 28.6 Å². The summed E-state index contributed by atoms with van der Waals surface area (Å²) in [7, 11) is 0. The molecule has 4 N–H and O–H groups in total. The van der Waals surface area contributed by atoms with E-state index in [0.717, 1.165) is 29.8 Å². The van der Waals surface area contributed by atoms with Gasteiger partial charge in [-0.2, -0.15) is 0 Å². The third-order valence-corrected chi connectivity index (χ3v) is 5.34. The van der Waals surface area contributed by atoms with Crippen LogP contribution in [0.2, 0.25) is 10.0 Å². The van der Waals surface area contributed by atoms with Crippen molar-refractivity contribution in [2.24, 2.45) is 0 Å². The molecule has 1 aromatic carbocycles. The van der Waals surface area contributed by atoms with E-state index in [2.05, 4.69) is 44.7 Å². The van der Waals surface area contributed by atoms with Crippen LogP contribution in [0.15, 0.2) is 36.7 Å². The predicted octanol–water partition coefficient (Wildman–Crippen LogP) is 4.70. The number of urea groups is 1. The fourth-order valence-electron chi connectivity index (χ4n) is 3.71. The first kappa shape index (κ1) is 19.8. The van der Waals surface area contributed by atoms with Crippen molar-refractivity contribution in [2.45, 2.75) is 25.9 Å². The number of anilines is 3. The molecule has 0 radical (unpaired) electrons. The van der Waals surface area contributed by atoms with Crippen LogP contribution in [-0.4, -0.2) is 41.2 Å². The van der Waals surface area contributed by atoms with Crippen LogP contribution in [-0.2, 0) is 0 Å². The van der Waals surface area contributed by atoms with Gasteiger partial charge in [-0.05, 0) is 38.1 Å². The van der Waals surface area contributed by atoms with E-state index in [1.165, 1.54) is 0 Å². The van der Waals surface area contributed by atoms with Crippen LogP contribution in [0.3, 0.4) is 0 Å². The number of nitrogens with one attached hydrogen (secondary N) is 4. The first-order valence-electron chi connectivity index (χ1n) is 9.40. The lowest BCUT2D eigenvalue weighted by Gasteiger charge is -2.37. The highest BCUT2D eigenvalue weighted by atomic mass is 35.5. The van der Waals surface area contributed by atoms with E-state index in [1.807, 2.05) is 6.07 Å². The Kier molecular flexibility index (Phi) is 5.54. The first-order valence-corrected chi connectivity index (χ1v) is 10.2. The second-order valence-corrected chi connectivity index (χ2v) is 8.22. The molecule has 3 aromatic rings. The Bertz CT molecular complexity index is 1040. The number of hydrogen-bond acceptors (Lipinski definition) is 4. The van der Waals surface area contributed by atoms with Crippen LogP contribution in [0.4, 0.5) is 22.0 Å². The quantitative estimate of drug-likeness (QED) is 0.483. The normalized spacial score (nSPS) is 19.4. The van der Waals surface area contributed by atoms with Gasteiger partial charge in [0, 0.05) is 47.3 Å². The Hall–Kier alpha value is -2.48. The Labute approximate surface area is 178 Å². The number of H-pyrrole nitrogens is 1. The maximum atomic E-state index is 12.4. The lowest BCUT2D eigenvalue weighted by Crippen LogP contribution is -2.54. The van der Waals surface area contributed by atoms with Crippen LogP contribution in [0.25, 0.3) is 10.9 Å². The summed E-state index contributed by atoms with van der Waals surface area (Å²) in [6.45, 7) is 5.92. The van der Waals surface area contributed by atoms with E-state index in [0.29, 0.717) is 33.5 Å². The summed E-state index contributed by atoms with van der Waals surface area (Å²) in [4.78, 5) is 22.2. The van der Waals surface area contributed by atoms with E-state index in [4.69, 9.17) is 23.2 Å². The standard InChI is InChI=1S/C20H22Cl2N6O/c1-11-9-28(10-12(2)25-11)19-16(22)6-14(7-24-19)26-20(29)27-18-8-23-17-4-3-13(21)5-15(17)18/h3-8,11-12,23,25H,9-10H2,1-2H3,(H2,26,27,29)/t11-,12-/m1/s1. The van der Waals surface area contributed by atoms with Crippen molar-refractivity contribution in [1.29, 1.82) is 0 Å². The monoisotopic (exact) mass is 432 g/mol. The molecule has 3 heterocycles. The molecule has 1 aliphatic rings. The van der Waals surface area contributed by atoms with Crippen molar-refractivity contribution < 1.29 is 4.79 Å². The van der Waals surface area contributed by atoms with Gasteiger partial charge in [-0.1, -0.05) is 23.2 Å². The number of nitrogens with zero attached hydrogens (tertiary/aromatic N) is 2. The summed E-state index contributed by atoms with van der Waals surface area (Å²) in [6, 6.07) is 7.48. The number of carbonyl (C=O) groups excluding carboxylic acids is 1. The number of amides is 2. The van der Waals surface area contributed by atoms with Gasteiger partial charge >= 0.3 is 6.03 Å². The molecule has 1 fully saturated rings. The second kappa shape index (κ2) is 8.10. The number of hydrogen-bond donors (Lipinski definition) is 4. The van der Waals surface area contributed by atoms with Crippen molar-refractivity contribution in [3.63, 3.8) is 0 Å². The van der Waals surface area contributed by atoms with Gasteiger partial charge < -0.3 is 25.8 Å². The van der Waals surface area contributed by atoms with Gasteiger partial charge in [0.1, 0.15) is 5.82 Å². The molecule has 29 heavy (non-hydrogen) atoms. The molecule has 7 nitrogen and oxygen atoms in total. The number of carbonyl (C=O) groups is 1. The fraction of sp³-hybridized carbons (Fsp3) is 0.300. The highest BCUT2D eigenvalue weighted by molar-refractivity contribution is 6.33. The van der Waals surface area contributed by atoms with E-state index >= 15 is 0 Å². The number of benzene rings is 1. The number of rotatable bonds is 3. The van der Waals surface area contributed by atoms with Crippen molar-refractivity contribution >= 4 is 57.3 Å². The molecular weight excluding hydrogens is 411 g/mol. The first-order chi connectivity index (χ1) is 13.9. The number of pyridine rings is 1. The molecule has 0 spiro atoms. The minimum atomic E-state index is -0.388. The molecule has 0 unspecified atom stereocenters. The average molecular weight is 433 g/mol. The third kappa shape index (κ3) is 4.42. The molecule has 2 amide bonds. The molecule has 2 aromatic heterocycles. The molecule has 1 aliphatic heterocycles. The predicted molar refractivity (Wildman–Crippen MR) is 119 cm³/mol. The minimum Gasteiger partial charge on any atom is -0.359 e. The number of aromatic nitrogens is 2. The van der Waals surface area contributed by atoms with Crippen molar-refractivity contribution in [1.82, 2.24) is 15.3 Å². The fourth-order valence-corrected chi connectivity index (χ4v) is 4.17. The van der Waals surface area contributed by atoms with Gasteiger partial charge in [0.25, 0.3) is 0 Å². The van der Waals surface area contributed by atoms with Crippen molar-refractivity contribution in [3.05, 3.63) is 46.7 Å². The number of halogens is 2. The molecule has 4 rings (SSSR count). The van der Waals surface area contributed by atoms with Crippen LogP contribution in [0.5, 0.6) is 0 Å². The lowest BCUT2D eigenvalue weighted by molar-refractivity contribution is 0.262. The van der Waals surface area contributed by atoms with Gasteiger partial charge in [-0.15, -0.1) is 0 Å². The highest BCUT2D eigenvalue weighted by Gasteiger charge is 2.23. The molecule has 152 valence electrons. The van der Waals surface area contributed by atoms with Crippen LogP contribution in [0, 0.1) is 0 Å². The van der Waals surface area contributed by atoms with E-state index in [9.17, 15) is 4.79 Å². The molecule has 0 aliphatic carbocycles. The molecule has 0 bridgehead atoms. The second-order valence-electron chi connectivity index (χ2n) is 7.37. The molecule has 9 heteroatoms. The van der Waals surface area contributed by atoms with Crippen molar-refractivity contribution in [3.8, 4) is 0 Å². The smallest absolute Gasteiger partial charge is 0.323 e. The zero-order valence-corrected chi connectivity index (χ0v) is 17.6. The highest BCUT2D eigenvalue weighted by Crippen LogP contribution is 2.29. The Balaban J connectivity index is 1.46. The summed E-state index contributed by atoms with van der Waals surface area (Å²) >= 11 is 12.5. The van der Waals surface area contributed by atoms with E-state index in [-0.39, 0.29) is 6.03 Å². The maximum absolute atomic E-state index is 12.4. The average Bonchev–Trinajstić information content (AvgIpc) is 3.03. The maximum Gasteiger partial charge on any atom is 0.323 e. The zero-order valence-electron chi connectivity index (χ0n) is 16.1. The van der Waals surface area contributed by atoms with Gasteiger partial charge in [0.05, 0.1) is 22.6 Å². The van der Waals surface area contributed by atoms with Gasteiger partial charge in [-0.3, -0.25) is 0 Å². The van der Waals surface area contributed by atoms with E-state index in [1.54, 1.807) is 30.6 Å². The molecule has 2 atom stereocenters. The molecular formula is C20H22Cl2N6O. The largest absolute Gasteiger partial charge is 0.359 e. The van der Waals surface area contributed by atoms with Gasteiger partial charge in [0.15, 0.2) is 0 Å². The summed E-state index contributed by atoms with van der Waals surface area (Å²) in [5.41, 5.74) is 2.04. The van der Waals surface area contributed by atoms with Crippen LogP contribution >= 0.6 is 23.2 Å². The number of fused-ring (bicyclic) bond motifs is 1. The Morgan fingerprint density at radius 1 is 1.17 bits per heavy atom. The Morgan fingerprint density at radius 2 is 1.93 bits per heavy atom. The topological polar surface area (TPSA) is 85.1 Å². The number of piperazine rings is 1. The van der Waals surface area contributed by atoms with Crippen LogP contribution in [0.1, 0.15) is 13.8 Å². The SMILES string of the molecule is C[C@@H]1CN(c2ncc(NC(=O)Nc3c[nH]c4ccc(Cl)cc34)cc2Cl)C[C@@H](C)N1. The number of aromatic amines is 1. The summed E-state index contributed by atoms with van der Waals surface area (Å²) in [5.74, 6) is 0.726. The van der Waals surface area contributed by atoms with Crippen LogP contribution < -0.4 is 20.9 Å². The van der Waals surface area contributed by atoms with Gasteiger partial charge in [0.2, 0.25) is 0 Å². The third-order valence-electron chi connectivity index (χ3n) is 4.83. The summed E-state index contributed by atoms with van der Waals surface area (Å²) in [5, 5.41) is 11.0. The summed E-state index contributed by atoms with van der Waals surface area (Å²) < 4.78 is 0. The Morgan fingerprint density at radius 3 is 2.66 bits per heavy atom. The molecule has 1 saturated heterocycles. The minimum absolute atomic E-state index is 0.352. The zero-order chi connectivity index (χ0) is 20.5. The molecule has 0 saturated carbocycles. The summed E-state index contributed by atoms with van der Waals surface area (Å²) in [6.07, 6.45) is 3.34. The van der Waals surface area contributed by atoms with E-state index < -0.39 is 0 Å². The van der Waals surface area contributed by atoms with Gasteiger partial charge in [-0.25, -0.2) is 9.78 Å². The lowest BCUT2D eigenvalue weighted by atomic mass is 10.1.